The van der Waals surface area contributed by atoms with E-state index >= 15 is 0 Å². The number of hydrogen-bond donors (Lipinski definition) is 3. The maximum Gasteiger partial charge on any atom is 0.342 e. The summed E-state index contributed by atoms with van der Waals surface area (Å²) >= 11 is 0. The van der Waals surface area contributed by atoms with Crippen LogP contribution in [0.15, 0.2) is 0 Å². The average molecular weight is 212 g/mol. The smallest absolute Gasteiger partial charge is 0.342 e. The number of esters is 1. The summed E-state index contributed by atoms with van der Waals surface area (Å²) in [7, 11) is 1.17. The molecule has 1 rings (SSSR count). The van der Waals surface area contributed by atoms with Gasteiger partial charge >= 0.3 is 5.97 Å². The SMILES string of the molecule is COC(=O)c1c(C)c(O)c(O)c(C)c1O. The van der Waals surface area contributed by atoms with Crippen LogP contribution in [0.5, 0.6) is 17.2 Å². The zero-order chi connectivity index (χ0) is 11.7. The van der Waals surface area contributed by atoms with E-state index in [4.69, 9.17) is 0 Å². The molecule has 5 nitrogen and oxygen atoms in total. The van der Waals surface area contributed by atoms with Crippen LogP contribution in [0.2, 0.25) is 0 Å². The van der Waals surface area contributed by atoms with E-state index in [2.05, 4.69) is 4.74 Å². The number of ether oxygens (including phenoxy) is 1. The first kappa shape index (κ1) is 11.2. The Labute approximate surface area is 86.5 Å². The highest BCUT2D eigenvalue weighted by molar-refractivity contribution is 5.96. The minimum Gasteiger partial charge on any atom is -0.507 e. The maximum atomic E-state index is 11.3. The number of hydrogen-bond acceptors (Lipinski definition) is 5. The van der Waals surface area contributed by atoms with Crippen molar-refractivity contribution in [2.24, 2.45) is 0 Å². The van der Waals surface area contributed by atoms with E-state index in [1.165, 1.54) is 21.0 Å². The van der Waals surface area contributed by atoms with Gasteiger partial charge in [0.25, 0.3) is 0 Å². The van der Waals surface area contributed by atoms with Crippen molar-refractivity contribution in [3.05, 3.63) is 16.7 Å². The average Bonchev–Trinajstić information content (AvgIpc) is 2.23. The predicted molar refractivity (Wildman–Crippen MR) is 52.2 cm³/mol. The van der Waals surface area contributed by atoms with E-state index in [0.29, 0.717) is 0 Å². The molecule has 0 aromatic heterocycles. The highest BCUT2D eigenvalue weighted by atomic mass is 16.5. The van der Waals surface area contributed by atoms with Crippen molar-refractivity contribution >= 4 is 5.97 Å². The standard InChI is InChI=1S/C10H12O5/c1-4-6(10(14)15-3)7(11)5(2)9(13)8(4)12/h11-13H,1-3H3. The molecule has 0 unspecified atom stereocenters. The Morgan fingerprint density at radius 1 is 1.00 bits per heavy atom. The molecule has 0 heterocycles. The number of methoxy groups -OCH3 is 1. The van der Waals surface area contributed by atoms with Crippen LogP contribution in [0.25, 0.3) is 0 Å². The summed E-state index contributed by atoms with van der Waals surface area (Å²) in [6.07, 6.45) is 0. The Balaban J connectivity index is 3.60. The molecule has 1 aromatic carbocycles. The highest BCUT2D eigenvalue weighted by Crippen LogP contribution is 2.41. The Kier molecular flexibility index (Phi) is 2.74. The molecular weight excluding hydrogens is 200 g/mol. The van der Waals surface area contributed by atoms with Crippen LogP contribution >= 0.6 is 0 Å². The Hall–Kier alpha value is -1.91. The molecule has 5 heteroatoms. The molecule has 0 saturated heterocycles. The molecular formula is C10H12O5. The van der Waals surface area contributed by atoms with E-state index < -0.39 is 17.5 Å². The third kappa shape index (κ3) is 1.56. The van der Waals surface area contributed by atoms with Crippen LogP contribution in [-0.4, -0.2) is 28.4 Å². The highest BCUT2D eigenvalue weighted by Gasteiger charge is 2.23. The second-order valence-electron chi connectivity index (χ2n) is 3.16. The fourth-order valence-electron chi connectivity index (χ4n) is 1.30. The molecule has 0 bridgehead atoms. The number of phenols is 3. The lowest BCUT2D eigenvalue weighted by molar-refractivity contribution is 0.0595. The Bertz CT molecular complexity index is 393. The van der Waals surface area contributed by atoms with Crippen molar-refractivity contribution in [2.75, 3.05) is 7.11 Å². The van der Waals surface area contributed by atoms with Gasteiger partial charge in [0, 0.05) is 11.1 Å². The molecule has 3 N–H and O–H groups in total. The first-order valence-corrected chi connectivity index (χ1v) is 4.24. The third-order valence-electron chi connectivity index (χ3n) is 2.29. The number of carbonyl (C=O) groups excluding carboxylic acids is 1. The van der Waals surface area contributed by atoms with Gasteiger partial charge in [0.15, 0.2) is 11.5 Å². The van der Waals surface area contributed by atoms with Crippen molar-refractivity contribution < 1.29 is 24.9 Å². The molecule has 0 atom stereocenters. The monoisotopic (exact) mass is 212 g/mol. The topological polar surface area (TPSA) is 87.0 Å². The third-order valence-corrected chi connectivity index (χ3v) is 2.29. The fraction of sp³-hybridized carbons (Fsp3) is 0.300. The molecule has 0 fully saturated rings. The van der Waals surface area contributed by atoms with Crippen molar-refractivity contribution in [1.29, 1.82) is 0 Å². The molecule has 0 radical (unpaired) electrons. The van der Waals surface area contributed by atoms with Gasteiger partial charge in [0.2, 0.25) is 0 Å². The minimum absolute atomic E-state index is 0.0403. The largest absolute Gasteiger partial charge is 0.507 e. The summed E-state index contributed by atoms with van der Waals surface area (Å²) in [6.45, 7) is 2.79. The van der Waals surface area contributed by atoms with E-state index in [9.17, 15) is 20.1 Å². The molecule has 0 spiro atoms. The maximum absolute atomic E-state index is 11.3. The fourth-order valence-corrected chi connectivity index (χ4v) is 1.30. The van der Waals surface area contributed by atoms with E-state index in [0.717, 1.165) is 0 Å². The molecule has 0 saturated carbocycles. The molecule has 82 valence electrons. The van der Waals surface area contributed by atoms with Crippen LogP contribution in [0.1, 0.15) is 21.5 Å². The molecule has 0 aliphatic rings. The van der Waals surface area contributed by atoms with Crippen LogP contribution < -0.4 is 0 Å². The molecule has 15 heavy (non-hydrogen) atoms. The minimum atomic E-state index is -0.761. The van der Waals surface area contributed by atoms with Crippen molar-refractivity contribution in [3.8, 4) is 17.2 Å². The summed E-state index contributed by atoms with van der Waals surface area (Å²) < 4.78 is 4.46. The summed E-state index contributed by atoms with van der Waals surface area (Å²) in [4.78, 5) is 11.3. The second kappa shape index (κ2) is 3.68. The Morgan fingerprint density at radius 3 is 1.93 bits per heavy atom. The van der Waals surface area contributed by atoms with Gasteiger partial charge in [-0.05, 0) is 13.8 Å². The van der Waals surface area contributed by atoms with E-state index in [1.807, 2.05) is 0 Å². The van der Waals surface area contributed by atoms with Crippen LogP contribution in [0, 0.1) is 13.8 Å². The quantitative estimate of drug-likeness (QED) is 0.370. The summed E-state index contributed by atoms with van der Waals surface area (Å²) in [5.74, 6) is -2.00. The first-order valence-electron chi connectivity index (χ1n) is 4.24. The van der Waals surface area contributed by atoms with Crippen molar-refractivity contribution in [2.45, 2.75) is 13.8 Å². The lowest BCUT2D eigenvalue weighted by Crippen LogP contribution is -2.05. The van der Waals surface area contributed by atoms with Crippen molar-refractivity contribution in [3.63, 3.8) is 0 Å². The lowest BCUT2D eigenvalue weighted by atomic mass is 10.0. The van der Waals surface area contributed by atoms with Crippen LogP contribution in [0.4, 0.5) is 0 Å². The first-order chi connectivity index (χ1) is 6.91. The van der Waals surface area contributed by atoms with Gasteiger partial charge in [-0.1, -0.05) is 0 Å². The van der Waals surface area contributed by atoms with E-state index in [1.54, 1.807) is 0 Å². The summed E-state index contributed by atoms with van der Waals surface area (Å²) in [5.41, 5.74) is -0.00810. The van der Waals surface area contributed by atoms with Crippen molar-refractivity contribution in [1.82, 2.24) is 0 Å². The molecule has 0 aliphatic heterocycles. The normalized spacial score (nSPS) is 10.1. The van der Waals surface area contributed by atoms with Crippen LogP contribution in [0.3, 0.4) is 0 Å². The lowest BCUT2D eigenvalue weighted by Gasteiger charge is -2.12. The van der Waals surface area contributed by atoms with Gasteiger partial charge in [0.05, 0.1) is 7.11 Å². The Morgan fingerprint density at radius 2 is 1.47 bits per heavy atom. The van der Waals surface area contributed by atoms with Gasteiger partial charge < -0.3 is 20.1 Å². The van der Waals surface area contributed by atoms with Crippen LogP contribution in [-0.2, 0) is 4.74 Å². The zero-order valence-electron chi connectivity index (χ0n) is 8.66. The summed E-state index contributed by atoms with van der Waals surface area (Å²) in [6, 6.07) is 0. The number of phenolic OH excluding ortho intramolecular Hbond substituents is 3. The summed E-state index contributed by atoms with van der Waals surface area (Å²) in [5, 5.41) is 28.5. The number of aromatic hydroxyl groups is 3. The van der Waals surface area contributed by atoms with E-state index in [-0.39, 0.29) is 22.4 Å². The van der Waals surface area contributed by atoms with Gasteiger partial charge in [0.1, 0.15) is 11.3 Å². The molecule has 1 aromatic rings. The van der Waals surface area contributed by atoms with Gasteiger partial charge in [-0.2, -0.15) is 0 Å². The second-order valence-corrected chi connectivity index (χ2v) is 3.16. The van der Waals surface area contributed by atoms with Gasteiger partial charge in [-0.3, -0.25) is 0 Å². The van der Waals surface area contributed by atoms with Gasteiger partial charge in [-0.15, -0.1) is 0 Å². The zero-order valence-corrected chi connectivity index (χ0v) is 8.66. The number of rotatable bonds is 1. The molecule has 0 aliphatic carbocycles. The predicted octanol–water partition coefficient (Wildman–Crippen LogP) is 1.21. The number of carbonyl (C=O) groups is 1. The molecule has 0 amide bonds. The number of benzene rings is 1. The van der Waals surface area contributed by atoms with Gasteiger partial charge in [-0.25, -0.2) is 4.79 Å².